The van der Waals surface area contributed by atoms with Crippen LogP contribution in [0.2, 0.25) is 0 Å². The Morgan fingerprint density at radius 1 is 1.04 bits per heavy atom. The fourth-order valence-corrected chi connectivity index (χ4v) is 3.80. The van der Waals surface area contributed by atoms with Gasteiger partial charge in [0.1, 0.15) is 0 Å². The van der Waals surface area contributed by atoms with Gasteiger partial charge in [-0.15, -0.1) is 0 Å². The van der Waals surface area contributed by atoms with E-state index in [4.69, 9.17) is 4.74 Å². The molecular formula is C22H27NO2. The lowest BCUT2D eigenvalue weighted by Gasteiger charge is -2.36. The van der Waals surface area contributed by atoms with Crippen LogP contribution < -0.4 is 0 Å². The summed E-state index contributed by atoms with van der Waals surface area (Å²) in [6.45, 7) is 9.30. The van der Waals surface area contributed by atoms with E-state index < -0.39 is 0 Å². The van der Waals surface area contributed by atoms with Crippen molar-refractivity contribution in [2.24, 2.45) is 0 Å². The van der Waals surface area contributed by atoms with Crippen molar-refractivity contribution < 1.29 is 9.53 Å². The zero-order valence-corrected chi connectivity index (χ0v) is 15.3. The summed E-state index contributed by atoms with van der Waals surface area (Å²) in [5.74, 6) is 0.396. The van der Waals surface area contributed by atoms with Crippen LogP contribution in [0.4, 0.5) is 0 Å². The number of rotatable bonds is 5. The average Bonchev–Trinajstić information content (AvgIpc) is 2.61. The molecule has 0 aromatic heterocycles. The van der Waals surface area contributed by atoms with Crippen LogP contribution in [0.15, 0.2) is 54.6 Å². The molecule has 3 unspecified atom stereocenters. The van der Waals surface area contributed by atoms with E-state index in [1.807, 2.05) is 48.5 Å². The van der Waals surface area contributed by atoms with Crippen LogP contribution in [0.5, 0.6) is 0 Å². The Morgan fingerprint density at radius 2 is 1.64 bits per heavy atom. The van der Waals surface area contributed by atoms with Gasteiger partial charge in [0.2, 0.25) is 0 Å². The highest BCUT2D eigenvalue weighted by Crippen LogP contribution is 2.24. The Hall–Kier alpha value is -1.97. The minimum Gasteiger partial charge on any atom is -0.373 e. The topological polar surface area (TPSA) is 29.5 Å². The third-order valence-electron chi connectivity index (χ3n) is 4.80. The SMILES string of the molecule is CC1CN(CC(C)c2ccccc2C(=O)c2ccccc2)CC(C)O1. The maximum atomic E-state index is 12.9. The van der Waals surface area contributed by atoms with Gasteiger partial charge in [0.15, 0.2) is 5.78 Å². The van der Waals surface area contributed by atoms with Crippen molar-refractivity contribution in [3.63, 3.8) is 0 Å². The highest BCUT2D eigenvalue weighted by atomic mass is 16.5. The van der Waals surface area contributed by atoms with Gasteiger partial charge in [-0.3, -0.25) is 9.69 Å². The van der Waals surface area contributed by atoms with Crippen LogP contribution in [0.3, 0.4) is 0 Å². The van der Waals surface area contributed by atoms with Crippen LogP contribution in [0.25, 0.3) is 0 Å². The third-order valence-corrected chi connectivity index (χ3v) is 4.80. The molecule has 1 saturated heterocycles. The lowest BCUT2D eigenvalue weighted by atomic mass is 9.90. The first-order chi connectivity index (χ1) is 12.0. The summed E-state index contributed by atoms with van der Waals surface area (Å²) in [4.78, 5) is 15.4. The number of hydrogen-bond acceptors (Lipinski definition) is 3. The number of ketones is 1. The fraction of sp³-hybridized carbons (Fsp3) is 0.409. The number of ether oxygens (including phenoxy) is 1. The van der Waals surface area contributed by atoms with E-state index in [1.165, 1.54) is 0 Å². The summed E-state index contributed by atoms with van der Waals surface area (Å²) in [6, 6.07) is 17.5. The molecule has 0 aliphatic carbocycles. The molecule has 3 rings (SSSR count). The van der Waals surface area contributed by atoms with Gasteiger partial charge in [0.05, 0.1) is 12.2 Å². The van der Waals surface area contributed by atoms with Gasteiger partial charge in [-0.25, -0.2) is 0 Å². The van der Waals surface area contributed by atoms with E-state index in [1.54, 1.807) is 0 Å². The minimum absolute atomic E-state index is 0.103. The summed E-state index contributed by atoms with van der Waals surface area (Å²) < 4.78 is 5.83. The Labute approximate surface area is 150 Å². The molecule has 1 aliphatic rings. The van der Waals surface area contributed by atoms with E-state index in [2.05, 4.69) is 31.7 Å². The Kier molecular flexibility index (Phi) is 5.67. The molecule has 0 radical (unpaired) electrons. The maximum absolute atomic E-state index is 12.9. The molecule has 0 spiro atoms. The zero-order chi connectivity index (χ0) is 17.8. The molecule has 3 heteroatoms. The molecule has 2 aromatic rings. The molecule has 1 heterocycles. The summed E-state index contributed by atoms with van der Waals surface area (Å²) in [5, 5.41) is 0. The normalized spacial score (nSPS) is 22.5. The number of morpholine rings is 1. The lowest BCUT2D eigenvalue weighted by molar-refractivity contribution is -0.0689. The molecule has 3 nitrogen and oxygen atoms in total. The molecule has 0 amide bonds. The molecule has 0 bridgehead atoms. The highest BCUT2D eigenvalue weighted by molar-refractivity contribution is 6.10. The molecule has 1 fully saturated rings. The standard InChI is InChI=1S/C22H27NO2/c1-16(13-23-14-17(2)25-18(3)15-23)20-11-7-8-12-21(20)22(24)19-9-5-4-6-10-19/h4-12,16-18H,13-15H2,1-3H3. The van der Waals surface area contributed by atoms with Crippen molar-refractivity contribution in [3.05, 3.63) is 71.3 Å². The molecular weight excluding hydrogens is 310 g/mol. The van der Waals surface area contributed by atoms with Gasteiger partial charge in [-0.2, -0.15) is 0 Å². The first-order valence-corrected chi connectivity index (χ1v) is 9.11. The molecule has 132 valence electrons. The van der Waals surface area contributed by atoms with E-state index in [0.29, 0.717) is 5.92 Å². The number of carbonyl (C=O) groups is 1. The number of nitrogens with zero attached hydrogens (tertiary/aromatic N) is 1. The van der Waals surface area contributed by atoms with Gasteiger partial charge in [0, 0.05) is 30.8 Å². The molecule has 0 saturated carbocycles. The van der Waals surface area contributed by atoms with E-state index in [9.17, 15) is 4.79 Å². The van der Waals surface area contributed by atoms with E-state index in [-0.39, 0.29) is 18.0 Å². The van der Waals surface area contributed by atoms with Crippen LogP contribution in [0.1, 0.15) is 48.2 Å². The molecule has 1 aliphatic heterocycles. The maximum Gasteiger partial charge on any atom is 0.193 e. The van der Waals surface area contributed by atoms with Crippen LogP contribution in [-0.2, 0) is 4.74 Å². The summed E-state index contributed by atoms with van der Waals surface area (Å²) >= 11 is 0. The Morgan fingerprint density at radius 3 is 2.32 bits per heavy atom. The first-order valence-electron chi connectivity index (χ1n) is 9.11. The molecule has 2 aromatic carbocycles. The number of carbonyl (C=O) groups excluding carboxylic acids is 1. The molecule has 0 N–H and O–H groups in total. The van der Waals surface area contributed by atoms with E-state index in [0.717, 1.165) is 36.3 Å². The molecule has 3 atom stereocenters. The second-order valence-corrected chi connectivity index (χ2v) is 7.16. The quantitative estimate of drug-likeness (QED) is 0.768. The first kappa shape index (κ1) is 17.8. The predicted octanol–water partition coefficient (Wildman–Crippen LogP) is 4.13. The highest BCUT2D eigenvalue weighted by Gasteiger charge is 2.25. The van der Waals surface area contributed by atoms with Crippen molar-refractivity contribution in [3.8, 4) is 0 Å². The minimum atomic E-state index is 0.103. The third kappa shape index (κ3) is 4.36. The summed E-state index contributed by atoms with van der Waals surface area (Å²) in [6.07, 6.45) is 0.522. The van der Waals surface area contributed by atoms with E-state index >= 15 is 0 Å². The fourth-order valence-electron chi connectivity index (χ4n) is 3.80. The van der Waals surface area contributed by atoms with Gasteiger partial charge >= 0.3 is 0 Å². The van der Waals surface area contributed by atoms with Crippen molar-refractivity contribution in [2.45, 2.75) is 38.9 Å². The average molecular weight is 337 g/mol. The van der Waals surface area contributed by atoms with Gasteiger partial charge in [-0.1, -0.05) is 61.5 Å². The van der Waals surface area contributed by atoms with Crippen molar-refractivity contribution in [1.82, 2.24) is 4.90 Å². The Bertz CT molecular complexity index is 703. The van der Waals surface area contributed by atoms with Crippen molar-refractivity contribution in [2.75, 3.05) is 19.6 Å². The Balaban J connectivity index is 1.79. The number of benzene rings is 2. The van der Waals surface area contributed by atoms with Gasteiger partial charge < -0.3 is 4.74 Å². The summed E-state index contributed by atoms with van der Waals surface area (Å²) in [7, 11) is 0. The second-order valence-electron chi connectivity index (χ2n) is 7.16. The van der Waals surface area contributed by atoms with Crippen LogP contribution in [0, 0.1) is 0 Å². The monoisotopic (exact) mass is 337 g/mol. The van der Waals surface area contributed by atoms with Crippen LogP contribution in [-0.4, -0.2) is 42.5 Å². The smallest absolute Gasteiger partial charge is 0.193 e. The van der Waals surface area contributed by atoms with Crippen LogP contribution >= 0.6 is 0 Å². The van der Waals surface area contributed by atoms with Gasteiger partial charge in [0.25, 0.3) is 0 Å². The number of hydrogen-bond donors (Lipinski definition) is 0. The summed E-state index contributed by atoms with van der Waals surface area (Å²) in [5.41, 5.74) is 2.69. The van der Waals surface area contributed by atoms with Gasteiger partial charge in [-0.05, 0) is 25.3 Å². The predicted molar refractivity (Wildman–Crippen MR) is 101 cm³/mol. The molecule has 25 heavy (non-hydrogen) atoms. The largest absolute Gasteiger partial charge is 0.373 e. The zero-order valence-electron chi connectivity index (χ0n) is 15.3. The van der Waals surface area contributed by atoms with Crippen molar-refractivity contribution >= 4 is 5.78 Å². The second kappa shape index (κ2) is 7.94. The lowest BCUT2D eigenvalue weighted by Crippen LogP contribution is -2.46. The van der Waals surface area contributed by atoms with Crippen molar-refractivity contribution in [1.29, 1.82) is 0 Å².